The summed E-state index contributed by atoms with van der Waals surface area (Å²) in [5.41, 5.74) is 2.78. The maximum atomic E-state index is 12.3. The van der Waals surface area contributed by atoms with Gasteiger partial charge in [0.1, 0.15) is 5.75 Å². The first-order valence-corrected chi connectivity index (χ1v) is 8.56. The molecular formula is C17H16IN3O6. The lowest BCUT2D eigenvalue weighted by Gasteiger charge is -2.10. The van der Waals surface area contributed by atoms with Gasteiger partial charge >= 0.3 is 0 Å². The van der Waals surface area contributed by atoms with Crippen molar-refractivity contribution in [1.29, 1.82) is 0 Å². The highest BCUT2D eigenvalue weighted by Gasteiger charge is 2.17. The highest BCUT2D eigenvalue weighted by Crippen LogP contribution is 2.33. The van der Waals surface area contributed by atoms with Gasteiger partial charge in [0.2, 0.25) is 0 Å². The van der Waals surface area contributed by atoms with Crippen molar-refractivity contribution in [2.45, 2.75) is 0 Å². The lowest BCUT2D eigenvalue weighted by molar-refractivity contribution is -0.384. The number of hydrazone groups is 1. The number of methoxy groups -OCH3 is 3. The van der Waals surface area contributed by atoms with Gasteiger partial charge in [-0.25, -0.2) is 5.43 Å². The number of hydrogen-bond donors (Lipinski definition) is 1. The lowest BCUT2D eigenvalue weighted by Crippen LogP contribution is -2.18. The number of benzene rings is 2. The summed E-state index contributed by atoms with van der Waals surface area (Å²) < 4.78 is 16.4. The number of carbonyl (C=O) groups excluding carboxylic acids is 1. The molecule has 0 spiro atoms. The van der Waals surface area contributed by atoms with E-state index in [1.807, 2.05) is 0 Å². The third-order valence-electron chi connectivity index (χ3n) is 3.47. The van der Waals surface area contributed by atoms with E-state index in [0.717, 1.165) is 9.64 Å². The molecule has 9 nitrogen and oxygen atoms in total. The van der Waals surface area contributed by atoms with Crippen LogP contribution in [0.5, 0.6) is 17.2 Å². The smallest absolute Gasteiger partial charge is 0.275 e. The summed E-state index contributed by atoms with van der Waals surface area (Å²) in [6.07, 6.45) is 1.42. The minimum Gasteiger partial charge on any atom is -0.496 e. The standard InChI is InChI=1S/C17H16IN3O6/c1-25-14-5-4-11(21(23)24)8-12(14)17(22)20-19-9-10-6-13(18)16(27-3)15(7-10)26-2/h4-9H,1-3H3,(H,20,22)/b19-9-. The molecule has 27 heavy (non-hydrogen) atoms. The van der Waals surface area contributed by atoms with Crippen LogP contribution in [-0.4, -0.2) is 38.4 Å². The summed E-state index contributed by atoms with van der Waals surface area (Å²) in [5.74, 6) is 0.689. The zero-order valence-electron chi connectivity index (χ0n) is 14.7. The maximum Gasteiger partial charge on any atom is 0.275 e. The topological polar surface area (TPSA) is 112 Å². The first-order valence-electron chi connectivity index (χ1n) is 7.48. The molecule has 0 aliphatic rings. The number of carbonyl (C=O) groups is 1. The van der Waals surface area contributed by atoms with Crippen LogP contribution in [-0.2, 0) is 0 Å². The Morgan fingerprint density at radius 1 is 1.15 bits per heavy atom. The van der Waals surface area contributed by atoms with Gasteiger partial charge in [0.05, 0.1) is 41.6 Å². The number of hydrogen-bond acceptors (Lipinski definition) is 7. The number of nitro benzene ring substituents is 1. The van der Waals surface area contributed by atoms with Crippen molar-refractivity contribution in [1.82, 2.24) is 5.43 Å². The van der Waals surface area contributed by atoms with E-state index < -0.39 is 10.8 Å². The molecule has 1 amide bonds. The number of amides is 1. The number of rotatable bonds is 7. The summed E-state index contributed by atoms with van der Waals surface area (Å²) in [4.78, 5) is 22.6. The van der Waals surface area contributed by atoms with Crippen molar-refractivity contribution in [2.24, 2.45) is 5.10 Å². The SMILES string of the molecule is COc1ccc([N+](=O)[O-])cc1C(=O)N/N=C\c1cc(I)c(OC)c(OC)c1. The van der Waals surface area contributed by atoms with Gasteiger partial charge in [0.15, 0.2) is 11.5 Å². The average Bonchev–Trinajstić information content (AvgIpc) is 2.66. The molecule has 2 aromatic rings. The largest absolute Gasteiger partial charge is 0.496 e. The second kappa shape index (κ2) is 9.16. The molecule has 0 aliphatic heterocycles. The molecular weight excluding hydrogens is 469 g/mol. The van der Waals surface area contributed by atoms with Crippen molar-refractivity contribution in [3.05, 3.63) is 55.1 Å². The molecule has 0 unspecified atom stereocenters. The van der Waals surface area contributed by atoms with Gasteiger partial charge in [0, 0.05) is 12.1 Å². The summed E-state index contributed by atoms with van der Waals surface area (Å²) in [6.45, 7) is 0. The van der Waals surface area contributed by atoms with E-state index in [0.29, 0.717) is 17.1 Å². The Labute approximate surface area is 168 Å². The van der Waals surface area contributed by atoms with Gasteiger partial charge in [-0.15, -0.1) is 0 Å². The van der Waals surface area contributed by atoms with Gasteiger partial charge < -0.3 is 14.2 Å². The van der Waals surface area contributed by atoms with E-state index in [1.54, 1.807) is 19.2 Å². The fourth-order valence-electron chi connectivity index (χ4n) is 2.23. The number of nitrogens with zero attached hydrogens (tertiary/aromatic N) is 2. The fraction of sp³-hybridized carbons (Fsp3) is 0.176. The predicted molar refractivity (Wildman–Crippen MR) is 107 cm³/mol. The molecule has 0 saturated carbocycles. The van der Waals surface area contributed by atoms with Crippen LogP contribution in [0.3, 0.4) is 0 Å². The Bertz CT molecular complexity index is 900. The quantitative estimate of drug-likeness (QED) is 0.279. The van der Waals surface area contributed by atoms with Crippen molar-refractivity contribution in [3.8, 4) is 17.2 Å². The molecule has 2 rings (SSSR count). The monoisotopic (exact) mass is 485 g/mol. The molecule has 0 heterocycles. The molecule has 0 bridgehead atoms. The fourth-order valence-corrected chi connectivity index (χ4v) is 3.07. The zero-order chi connectivity index (χ0) is 20.0. The van der Waals surface area contributed by atoms with Gasteiger partial charge in [0.25, 0.3) is 11.6 Å². The van der Waals surface area contributed by atoms with Crippen LogP contribution in [0.15, 0.2) is 35.4 Å². The summed E-state index contributed by atoms with van der Waals surface area (Å²) in [5, 5.41) is 14.8. The van der Waals surface area contributed by atoms with E-state index in [-0.39, 0.29) is 17.0 Å². The van der Waals surface area contributed by atoms with Crippen LogP contribution in [0.4, 0.5) is 5.69 Å². The minimum absolute atomic E-state index is 0.00532. The number of halogens is 1. The van der Waals surface area contributed by atoms with E-state index in [4.69, 9.17) is 14.2 Å². The van der Waals surface area contributed by atoms with Gasteiger partial charge in [-0.05, 0) is 46.4 Å². The zero-order valence-corrected chi connectivity index (χ0v) is 16.8. The molecule has 2 aromatic carbocycles. The van der Waals surface area contributed by atoms with Crippen molar-refractivity contribution in [2.75, 3.05) is 21.3 Å². The minimum atomic E-state index is -0.637. The van der Waals surface area contributed by atoms with Crippen LogP contribution in [0, 0.1) is 13.7 Å². The molecule has 10 heteroatoms. The van der Waals surface area contributed by atoms with Crippen LogP contribution < -0.4 is 19.6 Å². The van der Waals surface area contributed by atoms with Gasteiger partial charge in [-0.2, -0.15) is 5.10 Å². The van der Waals surface area contributed by atoms with E-state index in [2.05, 4.69) is 33.1 Å². The number of nitrogens with one attached hydrogen (secondary N) is 1. The Hall–Kier alpha value is -2.89. The molecule has 0 aliphatic carbocycles. The Morgan fingerprint density at radius 3 is 2.44 bits per heavy atom. The van der Waals surface area contributed by atoms with E-state index >= 15 is 0 Å². The maximum absolute atomic E-state index is 12.3. The van der Waals surface area contributed by atoms with Crippen LogP contribution >= 0.6 is 22.6 Å². The molecule has 0 atom stereocenters. The second-order valence-corrected chi connectivity index (χ2v) is 6.24. The lowest BCUT2D eigenvalue weighted by atomic mass is 10.1. The van der Waals surface area contributed by atoms with Crippen molar-refractivity contribution in [3.63, 3.8) is 0 Å². The number of ether oxygens (including phenoxy) is 3. The summed E-state index contributed by atoms with van der Waals surface area (Å²) >= 11 is 2.09. The van der Waals surface area contributed by atoms with Crippen LogP contribution in [0.2, 0.25) is 0 Å². The number of non-ortho nitro benzene ring substituents is 1. The Balaban J connectivity index is 2.22. The second-order valence-electron chi connectivity index (χ2n) is 5.08. The van der Waals surface area contributed by atoms with E-state index in [1.165, 1.54) is 32.6 Å². The van der Waals surface area contributed by atoms with Gasteiger partial charge in [-0.1, -0.05) is 0 Å². The molecule has 0 aromatic heterocycles. The third-order valence-corrected chi connectivity index (χ3v) is 4.28. The average molecular weight is 485 g/mol. The Morgan fingerprint density at radius 2 is 1.85 bits per heavy atom. The first kappa shape index (κ1) is 20.4. The van der Waals surface area contributed by atoms with Crippen LogP contribution in [0.25, 0.3) is 0 Å². The van der Waals surface area contributed by atoms with Crippen molar-refractivity contribution < 1.29 is 23.9 Å². The molecule has 1 N–H and O–H groups in total. The Kier molecular flexibility index (Phi) is 6.93. The first-order chi connectivity index (χ1) is 12.9. The third kappa shape index (κ3) is 4.84. The molecule has 0 radical (unpaired) electrons. The normalized spacial score (nSPS) is 10.5. The van der Waals surface area contributed by atoms with Gasteiger partial charge in [-0.3, -0.25) is 14.9 Å². The predicted octanol–water partition coefficient (Wildman–Crippen LogP) is 2.99. The summed E-state index contributed by atoms with van der Waals surface area (Å²) in [6, 6.07) is 7.23. The molecule has 0 fully saturated rings. The van der Waals surface area contributed by atoms with E-state index in [9.17, 15) is 14.9 Å². The number of nitro groups is 1. The molecule has 0 saturated heterocycles. The summed E-state index contributed by atoms with van der Waals surface area (Å²) in [7, 11) is 4.43. The molecule has 142 valence electrons. The highest BCUT2D eigenvalue weighted by atomic mass is 127. The van der Waals surface area contributed by atoms with Crippen LogP contribution in [0.1, 0.15) is 15.9 Å². The highest BCUT2D eigenvalue weighted by molar-refractivity contribution is 14.1. The van der Waals surface area contributed by atoms with Crippen molar-refractivity contribution >= 4 is 40.4 Å².